The molecule has 50 heavy (non-hydrogen) atoms. The van der Waals surface area contributed by atoms with Gasteiger partial charge >= 0.3 is 0 Å². The topological polar surface area (TPSA) is 46.3 Å². The molecule has 0 N–H and O–H groups in total. The molecule has 3 aromatic heterocycles. The standard InChI is InChI=1S/C45H31N5/c1-3-11-34(12-4-1)44-45(49-30-10-9-17-42(49)47-44)36-24-28-40(29-25-36)50(38-14-5-2-6-15-38)39-26-22-33(23-27-39)32-18-20-35(21-19-32)43-41-16-8-7-13-37(41)31-46-48-43/h1-31H. The average molecular weight is 642 g/mol. The zero-order valence-electron chi connectivity index (χ0n) is 27.1. The van der Waals surface area contributed by atoms with Gasteiger partial charge in [0.05, 0.1) is 17.6 Å². The molecule has 0 aliphatic rings. The van der Waals surface area contributed by atoms with Gasteiger partial charge in [0, 0.05) is 50.7 Å². The Labute approximate surface area is 290 Å². The van der Waals surface area contributed by atoms with Crippen LogP contribution in [0.5, 0.6) is 0 Å². The Morgan fingerprint density at radius 2 is 0.960 bits per heavy atom. The number of benzene rings is 6. The number of fused-ring (bicyclic) bond motifs is 2. The third kappa shape index (κ3) is 5.37. The molecule has 6 aromatic carbocycles. The Hall–Kier alpha value is -6.85. The first-order valence-corrected chi connectivity index (χ1v) is 16.7. The summed E-state index contributed by atoms with van der Waals surface area (Å²) in [6.07, 6.45) is 3.90. The smallest absolute Gasteiger partial charge is 0.137 e. The van der Waals surface area contributed by atoms with Crippen molar-refractivity contribution in [2.75, 3.05) is 4.90 Å². The van der Waals surface area contributed by atoms with Crippen LogP contribution in [0.15, 0.2) is 188 Å². The van der Waals surface area contributed by atoms with Crippen LogP contribution in [0.2, 0.25) is 0 Å². The molecular formula is C45H31N5. The lowest BCUT2D eigenvalue weighted by Crippen LogP contribution is -2.09. The second-order valence-electron chi connectivity index (χ2n) is 12.2. The van der Waals surface area contributed by atoms with Gasteiger partial charge in [-0.25, -0.2) is 4.98 Å². The van der Waals surface area contributed by atoms with Crippen LogP contribution < -0.4 is 4.90 Å². The zero-order chi connectivity index (χ0) is 33.3. The Balaban J connectivity index is 1.05. The SMILES string of the molecule is c1ccc(-c2nc3ccccn3c2-c2ccc(N(c3ccccc3)c3ccc(-c4ccc(-c5nncc6ccccc56)cc4)cc3)cc2)cc1. The molecule has 0 amide bonds. The van der Waals surface area contributed by atoms with Gasteiger partial charge in [0.25, 0.3) is 0 Å². The quantitative estimate of drug-likeness (QED) is 0.174. The van der Waals surface area contributed by atoms with Crippen LogP contribution in [-0.4, -0.2) is 19.6 Å². The van der Waals surface area contributed by atoms with Gasteiger partial charge in [-0.15, -0.1) is 5.10 Å². The first-order chi connectivity index (χ1) is 24.8. The highest BCUT2D eigenvalue weighted by molar-refractivity contribution is 5.94. The molecule has 5 nitrogen and oxygen atoms in total. The number of hydrogen-bond acceptors (Lipinski definition) is 4. The lowest BCUT2D eigenvalue weighted by atomic mass is 10.00. The molecule has 0 radical (unpaired) electrons. The van der Waals surface area contributed by atoms with Crippen LogP contribution in [0.1, 0.15) is 0 Å². The number of imidazole rings is 1. The van der Waals surface area contributed by atoms with Crippen molar-refractivity contribution in [3.63, 3.8) is 0 Å². The van der Waals surface area contributed by atoms with E-state index in [1.54, 1.807) is 0 Å². The van der Waals surface area contributed by atoms with Crippen molar-refractivity contribution in [1.82, 2.24) is 19.6 Å². The van der Waals surface area contributed by atoms with Gasteiger partial charge in [-0.2, -0.15) is 5.10 Å². The minimum absolute atomic E-state index is 0.896. The van der Waals surface area contributed by atoms with Crippen LogP contribution in [0.4, 0.5) is 17.1 Å². The van der Waals surface area contributed by atoms with E-state index in [1.807, 2.05) is 30.5 Å². The van der Waals surface area contributed by atoms with Gasteiger partial charge in [0.1, 0.15) is 11.3 Å². The molecule has 0 fully saturated rings. The Morgan fingerprint density at radius 3 is 1.68 bits per heavy atom. The first-order valence-electron chi connectivity index (χ1n) is 16.7. The molecule has 0 spiro atoms. The minimum atomic E-state index is 0.896. The molecule has 0 aliphatic heterocycles. The molecule has 236 valence electrons. The molecule has 0 atom stereocenters. The van der Waals surface area contributed by atoms with E-state index in [9.17, 15) is 0 Å². The van der Waals surface area contributed by atoms with E-state index in [1.165, 1.54) is 0 Å². The highest BCUT2D eigenvalue weighted by atomic mass is 15.1. The summed E-state index contributed by atoms with van der Waals surface area (Å²) in [7, 11) is 0. The molecule has 0 unspecified atom stereocenters. The molecule has 0 aliphatic carbocycles. The third-order valence-electron chi connectivity index (χ3n) is 9.18. The van der Waals surface area contributed by atoms with Crippen molar-refractivity contribution in [3.05, 3.63) is 188 Å². The van der Waals surface area contributed by atoms with Gasteiger partial charge in [-0.05, 0) is 59.7 Å². The lowest BCUT2D eigenvalue weighted by Gasteiger charge is -2.26. The van der Waals surface area contributed by atoms with E-state index in [4.69, 9.17) is 4.98 Å². The number of rotatable bonds is 7. The van der Waals surface area contributed by atoms with E-state index in [2.05, 4.69) is 177 Å². The van der Waals surface area contributed by atoms with Crippen LogP contribution in [0, 0.1) is 0 Å². The summed E-state index contributed by atoms with van der Waals surface area (Å²) in [5.41, 5.74) is 12.6. The van der Waals surface area contributed by atoms with E-state index in [0.717, 1.165) is 78.4 Å². The van der Waals surface area contributed by atoms with Crippen LogP contribution >= 0.6 is 0 Å². The summed E-state index contributed by atoms with van der Waals surface area (Å²) in [5.74, 6) is 0. The summed E-state index contributed by atoms with van der Waals surface area (Å²) in [4.78, 5) is 7.32. The number of para-hydroxylation sites is 1. The van der Waals surface area contributed by atoms with Crippen molar-refractivity contribution in [1.29, 1.82) is 0 Å². The van der Waals surface area contributed by atoms with Crippen molar-refractivity contribution in [3.8, 4) is 44.9 Å². The number of nitrogens with zero attached hydrogens (tertiary/aromatic N) is 5. The van der Waals surface area contributed by atoms with Gasteiger partial charge in [0.15, 0.2) is 0 Å². The second kappa shape index (κ2) is 12.6. The lowest BCUT2D eigenvalue weighted by molar-refractivity contribution is 1.06. The van der Waals surface area contributed by atoms with Crippen molar-refractivity contribution < 1.29 is 0 Å². The Kier molecular flexibility index (Phi) is 7.41. The second-order valence-corrected chi connectivity index (χ2v) is 12.2. The molecule has 0 saturated heterocycles. The van der Waals surface area contributed by atoms with Gasteiger partial charge in [-0.1, -0.05) is 127 Å². The van der Waals surface area contributed by atoms with Crippen LogP contribution in [0.3, 0.4) is 0 Å². The largest absolute Gasteiger partial charge is 0.311 e. The molecule has 5 heteroatoms. The predicted molar refractivity (Wildman–Crippen MR) is 205 cm³/mol. The van der Waals surface area contributed by atoms with E-state index in [-0.39, 0.29) is 0 Å². The van der Waals surface area contributed by atoms with Crippen LogP contribution in [0.25, 0.3) is 61.3 Å². The van der Waals surface area contributed by atoms with Gasteiger partial charge in [-0.3, -0.25) is 4.40 Å². The van der Waals surface area contributed by atoms with Gasteiger partial charge in [0.2, 0.25) is 0 Å². The molecule has 0 bridgehead atoms. The monoisotopic (exact) mass is 641 g/mol. The average Bonchev–Trinajstić information content (AvgIpc) is 3.59. The summed E-state index contributed by atoms with van der Waals surface area (Å²) >= 11 is 0. The Morgan fingerprint density at radius 1 is 0.420 bits per heavy atom. The molecule has 9 aromatic rings. The summed E-state index contributed by atoms with van der Waals surface area (Å²) in [5, 5.41) is 10.9. The van der Waals surface area contributed by atoms with E-state index < -0.39 is 0 Å². The number of anilines is 3. The van der Waals surface area contributed by atoms with E-state index in [0.29, 0.717) is 0 Å². The Bertz CT molecular complexity index is 2550. The number of aromatic nitrogens is 4. The maximum absolute atomic E-state index is 5.02. The zero-order valence-corrected chi connectivity index (χ0v) is 27.1. The summed E-state index contributed by atoms with van der Waals surface area (Å²) in [6, 6.07) is 61.4. The fraction of sp³-hybridized carbons (Fsp3) is 0. The summed E-state index contributed by atoms with van der Waals surface area (Å²) < 4.78 is 2.17. The maximum Gasteiger partial charge on any atom is 0.137 e. The maximum atomic E-state index is 5.02. The highest BCUT2D eigenvalue weighted by Gasteiger charge is 2.18. The molecular weight excluding hydrogens is 611 g/mol. The molecule has 3 heterocycles. The predicted octanol–water partition coefficient (Wildman–Crippen LogP) is 11.4. The number of pyridine rings is 1. The normalized spacial score (nSPS) is 11.2. The molecule has 9 rings (SSSR count). The van der Waals surface area contributed by atoms with Crippen LogP contribution in [-0.2, 0) is 0 Å². The molecule has 0 saturated carbocycles. The minimum Gasteiger partial charge on any atom is -0.311 e. The van der Waals surface area contributed by atoms with Gasteiger partial charge < -0.3 is 4.90 Å². The highest BCUT2D eigenvalue weighted by Crippen LogP contribution is 2.39. The fourth-order valence-corrected chi connectivity index (χ4v) is 6.73. The van der Waals surface area contributed by atoms with E-state index >= 15 is 0 Å². The van der Waals surface area contributed by atoms with Crippen molar-refractivity contribution in [2.24, 2.45) is 0 Å². The summed E-state index contributed by atoms with van der Waals surface area (Å²) in [6.45, 7) is 0. The van der Waals surface area contributed by atoms with Crippen molar-refractivity contribution >= 4 is 33.5 Å². The third-order valence-corrected chi connectivity index (χ3v) is 9.18. The first kappa shape index (κ1) is 29.3. The fourth-order valence-electron chi connectivity index (χ4n) is 6.73. The van der Waals surface area contributed by atoms with Crippen molar-refractivity contribution in [2.45, 2.75) is 0 Å². The number of hydrogen-bond donors (Lipinski definition) is 0.